The quantitative estimate of drug-likeness (QED) is 0.249. The third kappa shape index (κ3) is 6.92. The molecule has 3 aromatic rings. The van der Waals surface area contributed by atoms with Crippen molar-refractivity contribution >= 4 is 21.8 Å². The van der Waals surface area contributed by atoms with Crippen LogP contribution >= 0.6 is 0 Å². The van der Waals surface area contributed by atoms with Crippen molar-refractivity contribution in [3.63, 3.8) is 0 Å². The lowest BCUT2D eigenvalue weighted by Crippen LogP contribution is -2.50. The molecule has 1 unspecified atom stereocenters. The number of carbonyl (C=O) groups excluding carboxylic acids is 1. The highest BCUT2D eigenvalue weighted by molar-refractivity contribution is 7.89. The predicted molar refractivity (Wildman–Crippen MR) is 167 cm³/mol. The number of rotatable bonds is 12. The molecular weight excluding hydrogens is 582 g/mol. The first-order valence-electron chi connectivity index (χ1n) is 15.4. The normalized spacial score (nSPS) is 18.5. The number of ether oxygens (including phenoxy) is 2. The summed E-state index contributed by atoms with van der Waals surface area (Å²) in [5, 5.41) is 3.93. The van der Waals surface area contributed by atoms with Gasteiger partial charge < -0.3 is 14.0 Å². The molecule has 1 aromatic heterocycles. The van der Waals surface area contributed by atoms with Crippen molar-refractivity contribution in [2.24, 2.45) is 0 Å². The molecule has 0 aliphatic carbocycles. The molecule has 1 amide bonds. The molecule has 238 valence electrons. The Bertz CT molecular complexity index is 1550. The first-order chi connectivity index (χ1) is 21.0. The Morgan fingerprint density at radius 3 is 2.41 bits per heavy atom. The molecule has 44 heavy (non-hydrogen) atoms. The summed E-state index contributed by atoms with van der Waals surface area (Å²) in [4.78, 5) is 21.0. The molecule has 2 aliphatic heterocycles. The minimum absolute atomic E-state index is 0.160. The maximum atomic E-state index is 14.0. The van der Waals surface area contributed by atoms with E-state index >= 15 is 0 Å². The largest absolute Gasteiger partial charge is 0.492 e. The van der Waals surface area contributed by atoms with Gasteiger partial charge in [0.1, 0.15) is 16.7 Å². The molecule has 1 atom stereocenters. The number of amides is 1. The van der Waals surface area contributed by atoms with Gasteiger partial charge in [-0.2, -0.15) is 9.29 Å². The average Bonchev–Trinajstić information content (AvgIpc) is 3.62. The van der Waals surface area contributed by atoms with Gasteiger partial charge in [-0.1, -0.05) is 45.3 Å². The van der Waals surface area contributed by atoms with Crippen LogP contribution < -0.4 is 9.64 Å². The van der Waals surface area contributed by atoms with Gasteiger partial charge in [-0.05, 0) is 60.2 Å². The summed E-state index contributed by atoms with van der Waals surface area (Å²) in [7, 11) is -3.77. The molecule has 2 aromatic carbocycles. The lowest BCUT2D eigenvalue weighted by Gasteiger charge is -2.35. The molecule has 12 heteroatoms. The summed E-state index contributed by atoms with van der Waals surface area (Å²) in [5.41, 5.74) is 2.34. The van der Waals surface area contributed by atoms with Crippen LogP contribution in [0.5, 0.6) is 5.75 Å². The number of piperazine rings is 1. The number of anilines is 1. The highest BCUT2D eigenvalue weighted by atomic mass is 32.2. The van der Waals surface area contributed by atoms with Crippen LogP contribution in [0.15, 0.2) is 51.9 Å². The molecule has 2 fully saturated rings. The van der Waals surface area contributed by atoms with Crippen LogP contribution in [0.3, 0.4) is 0 Å². The van der Waals surface area contributed by atoms with Crippen LogP contribution in [0.1, 0.15) is 58.4 Å². The SMILES string of the molecule is CCCCOc1ccc(C(C)(C)CC)cc1S(=O)(=O)N1CCN(CC2CN(c3ccc(-c4noc(C)n4)cc3)C(=O)O2)CC1. The number of carbonyl (C=O) groups is 1. The zero-order chi connectivity index (χ0) is 31.5. The van der Waals surface area contributed by atoms with Crippen molar-refractivity contribution in [2.75, 3.05) is 50.8 Å². The summed E-state index contributed by atoms with van der Waals surface area (Å²) in [6, 6.07) is 13.0. The number of hydrogen-bond donors (Lipinski definition) is 0. The van der Waals surface area contributed by atoms with Crippen LogP contribution in [0.25, 0.3) is 11.4 Å². The van der Waals surface area contributed by atoms with E-state index in [-0.39, 0.29) is 16.4 Å². The maximum Gasteiger partial charge on any atom is 0.414 e. The number of sulfonamides is 1. The Morgan fingerprint density at radius 2 is 1.77 bits per heavy atom. The van der Waals surface area contributed by atoms with Crippen molar-refractivity contribution in [1.82, 2.24) is 19.3 Å². The van der Waals surface area contributed by atoms with Gasteiger partial charge in [-0.15, -0.1) is 0 Å². The minimum Gasteiger partial charge on any atom is -0.492 e. The molecule has 0 radical (unpaired) electrons. The van der Waals surface area contributed by atoms with E-state index in [1.165, 1.54) is 0 Å². The fourth-order valence-corrected chi connectivity index (χ4v) is 6.97. The molecule has 5 rings (SSSR count). The van der Waals surface area contributed by atoms with Crippen LogP contribution in [0, 0.1) is 6.92 Å². The summed E-state index contributed by atoms with van der Waals surface area (Å²) in [6.45, 7) is 13.4. The summed E-state index contributed by atoms with van der Waals surface area (Å²) >= 11 is 0. The van der Waals surface area contributed by atoms with Gasteiger partial charge >= 0.3 is 6.09 Å². The molecule has 0 saturated carbocycles. The van der Waals surface area contributed by atoms with Gasteiger partial charge in [-0.25, -0.2) is 13.2 Å². The fraction of sp³-hybridized carbons (Fsp3) is 0.531. The average molecular weight is 626 g/mol. The second-order valence-electron chi connectivity index (χ2n) is 12.1. The summed E-state index contributed by atoms with van der Waals surface area (Å²) < 4.78 is 46.2. The number of benzene rings is 2. The van der Waals surface area contributed by atoms with E-state index < -0.39 is 16.1 Å². The molecule has 11 nitrogen and oxygen atoms in total. The van der Waals surface area contributed by atoms with Gasteiger partial charge in [0.25, 0.3) is 0 Å². The van der Waals surface area contributed by atoms with Crippen LogP contribution in [-0.4, -0.2) is 85.8 Å². The Labute approximate surface area is 260 Å². The van der Waals surface area contributed by atoms with Crippen molar-refractivity contribution in [1.29, 1.82) is 0 Å². The number of nitrogens with zero attached hydrogens (tertiary/aromatic N) is 5. The first kappa shape index (κ1) is 31.9. The van der Waals surface area contributed by atoms with Crippen molar-refractivity contribution in [3.8, 4) is 17.1 Å². The van der Waals surface area contributed by atoms with E-state index in [1.54, 1.807) is 22.2 Å². The van der Waals surface area contributed by atoms with Crippen LogP contribution in [0.2, 0.25) is 0 Å². The third-order valence-electron chi connectivity index (χ3n) is 8.61. The number of unbranched alkanes of at least 4 members (excludes halogenated alkanes) is 1. The Balaban J connectivity index is 1.21. The molecular formula is C32H43N5O6S. The highest BCUT2D eigenvalue weighted by Gasteiger charge is 2.36. The molecule has 3 heterocycles. The van der Waals surface area contributed by atoms with Crippen molar-refractivity contribution in [2.45, 2.75) is 70.3 Å². The van der Waals surface area contributed by atoms with Gasteiger partial charge in [0.05, 0.1) is 13.2 Å². The minimum atomic E-state index is -3.77. The van der Waals surface area contributed by atoms with Crippen LogP contribution in [0.4, 0.5) is 10.5 Å². The Morgan fingerprint density at radius 1 is 1.05 bits per heavy atom. The lowest BCUT2D eigenvalue weighted by atomic mass is 9.82. The Hall–Kier alpha value is -3.48. The van der Waals surface area contributed by atoms with Gasteiger partial charge in [0, 0.05) is 50.9 Å². The second kappa shape index (κ2) is 13.3. The smallest absolute Gasteiger partial charge is 0.414 e. The van der Waals surface area contributed by atoms with Gasteiger partial charge in [-0.3, -0.25) is 9.80 Å². The summed E-state index contributed by atoms with van der Waals surface area (Å²) in [5.74, 6) is 1.39. The molecule has 0 bridgehead atoms. The first-order valence-corrected chi connectivity index (χ1v) is 16.8. The molecule has 2 saturated heterocycles. The fourth-order valence-electron chi connectivity index (χ4n) is 5.39. The number of cyclic esters (lactones) is 1. The van der Waals surface area contributed by atoms with E-state index in [0.29, 0.717) is 63.3 Å². The monoisotopic (exact) mass is 625 g/mol. The highest BCUT2D eigenvalue weighted by Crippen LogP contribution is 2.35. The van der Waals surface area contributed by atoms with Crippen molar-refractivity contribution < 1.29 is 27.2 Å². The topological polar surface area (TPSA) is 118 Å². The third-order valence-corrected chi connectivity index (χ3v) is 10.5. The summed E-state index contributed by atoms with van der Waals surface area (Å²) in [6.07, 6.45) is 1.98. The number of aryl methyl sites for hydroxylation is 1. The molecule has 2 aliphatic rings. The number of hydrogen-bond acceptors (Lipinski definition) is 9. The lowest BCUT2D eigenvalue weighted by molar-refractivity contribution is 0.0937. The predicted octanol–water partition coefficient (Wildman–Crippen LogP) is 5.24. The second-order valence-corrected chi connectivity index (χ2v) is 14.0. The van der Waals surface area contributed by atoms with E-state index in [0.717, 1.165) is 36.1 Å². The van der Waals surface area contributed by atoms with E-state index in [2.05, 4.69) is 42.7 Å². The standard InChI is InChI=1S/C32H43N5O6S/c1-6-8-19-41-28-14-11-25(32(4,5)7-2)20-29(28)44(39,40)36-17-15-35(16-18-36)21-27-22-37(31(38)42-27)26-12-9-24(10-13-26)30-33-23(3)43-34-30/h9-14,20,27H,6-8,15-19,21-22H2,1-5H3. The van der Waals surface area contributed by atoms with Crippen molar-refractivity contribution in [3.05, 3.63) is 53.9 Å². The zero-order valence-electron chi connectivity index (χ0n) is 26.3. The van der Waals surface area contributed by atoms with E-state index in [4.69, 9.17) is 14.0 Å². The zero-order valence-corrected chi connectivity index (χ0v) is 27.1. The number of aromatic nitrogens is 2. The van der Waals surface area contributed by atoms with Gasteiger partial charge in [0.2, 0.25) is 21.7 Å². The molecule has 0 spiro atoms. The van der Waals surface area contributed by atoms with E-state index in [1.807, 2.05) is 36.4 Å². The maximum absolute atomic E-state index is 14.0. The van der Waals surface area contributed by atoms with Crippen LogP contribution in [-0.2, 0) is 20.2 Å². The van der Waals surface area contributed by atoms with Gasteiger partial charge in [0.15, 0.2) is 0 Å². The van der Waals surface area contributed by atoms with E-state index in [9.17, 15) is 13.2 Å². The molecule has 0 N–H and O–H groups in total. The Kier molecular flexibility index (Phi) is 9.62.